The number of hydrogen-bond acceptors (Lipinski definition) is 8. The third-order valence-electron chi connectivity index (χ3n) is 6.13. The van der Waals surface area contributed by atoms with Gasteiger partial charge in [0.05, 0.1) is 17.4 Å². The minimum absolute atomic E-state index is 0.0840. The monoisotopic (exact) mass is 482 g/mol. The maximum atomic E-state index is 12.3. The lowest BCUT2D eigenvalue weighted by Crippen LogP contribution is -2.42. The zero-order valence-corrected chi connectivity index (χ0v) is 19.6. The number of furan rings is 1. The molecule has 170 valence electrons. The van der Waals surface area contributed by atoms with Gasteiger partial charge in [0.2, 0.25) is 5.91 Å². The summed E-state index contributed by atoms with van der Waals surface area (Å²) in [6.07, 6.45) is 6.94. The minimum atomic E-state index is -0.509. The van der Waals surface area contributed by atoms with Gasteiger partial charge in [0, 0.05) is 10.8 Å². The van der Waals surface area contributed by atoms with E-state index in [-0.39, 0.29) is 17.4 Å². The Labute approximate surface area is 197 Å². The molecule has 2 aliphatic carbocycles. The summed E-state index contributed by atoms with van der Waals surface area (Å²) in [6.45, 7) is 2.31. The van der Waals surface area contributed by atoms with E-state index in [0.717, 1.165) is 47.4 Å². The number of hydrogen-bond donors (Lipinski definition) is 2. The highest BCUT2D eigenvalue weighted by Gasteiger charge is 2.32. The van der Waals surface area contributed by atoms with Gasteiger partial charge in [0.25, 0.3) is 0 Å². The molecule has 2 amide bonds. The van der Waals surface area contributed by atoms with Crippen LogP contribution in [0.2, 0.25) is 0 Å². The van der Waals surface area contributed by atoms with Crippen LogP contribution in [-0.2, 0) is 17.6 Å². The molecular weight excluding hydrogens is 460 g/mol. The van der Waals surface area contributed by atoms with Crippen LogP contribution in [0.5, 0.6) is 0 Å². The van der Waals surface area contributed by atoms with Gasteiger partial charge in [-0.3, -0.25) is 24.8 Å². The first-order chi connectivity index (χ1) is 16.1. The summed E-state index contributed by atoms with van der Waals surface area (Å²) < 4.78 is 7.06. The van der Waals surface area contributed by atoms with Crippen LogP contribution in [0.1, 0.15) is 58.9 Å². The van der Waals surface area contributed by atoms with E-state index in [9.17, 15) is 9.59 Å². The molecule has 0 saturated heterocycles. The normalized spacial score (nSPS) is 17.9. The number of fused-ring (bicyclic) bond motifs is 5. The van der Waals surface area contributed by atoms with Gasteiger partial charge < -0.3 is 4.42 Å². The molecule has 1 unspecified atom stereocenters. The largest absolute Gasteiger partial charge is 0.459 e. The van der Waals surface area contributed by atoms with Crippen molar-refractivity contribution in [3.05, 3.63) is 40.4 Å². The molecule has 0 radical (unpaired) electrons. The number of hydrazine groups is 1. The first kappa shape index (κ1) is 20.7. The highest BCUT2D eigenvalue weighted by atomic mass is 32.2. The quantitative estimate of drug-likeness (QED) is 0.331. The van der Waals surface area contributed by atoms with Gasteiger partial charge in [0.15, 0.2) is 16.6 Å². The summed E-state index contributed by atoms with van der Waals surface area (Å²) in [7, 11) is 0. The van der Waals surface area contributed by atoms with Crippen molar-refractivity contribution in [1.82, 2.24) is 30.4 Å². The van der Waals surface area contributed by atoms with E-state index >= 15 is 0 Å². The molecule has 11 heteroatoms. The molecule has 4 heterocycles. The second-order valence-corrected chi connectivity index (χ2v) is 10.7. The van der Waals surface area contributed by atoms with E-state index in [1.54, 1.807) is 17.4 Å². The topological polar surface area (TPSA) is 114 Å². The second-order valence-electron chi connectivity index (χ2n) is 8.69. The van der Waals surface area contributed by atoms with Crippen LogP contribution < -0.4 is 10.9 Å². The Hall–Kier alpha value is -2.92. The molecule has 1 saturated carbocycles. The SMILES string of the molecule is CC1CCc2c(sc3nc(C4CC4)n4c(SCC(=O)NNC(=O)c5ccco5)nnc4c23)C1. The van der Waals surface area contributed by atoms with E-state index in [1.165, 1.54) is 41.0 Å². The molecule has 33 heavy (non-hydrogen) atoms. The number of carbonyl (C=O) groups excluding carboxylic acids is 2. The fraction of sp³-hybridized carbons (Fsp3) is 0.409. The predicted octanol–water partition coefficient (Wildman–Crippen LogP) is 3.49. The van der Waals surface area contributed by atoms with E-state index in [2.05, 4.69) is 28.0 Å². The molecule has 9 nitrogen and oxygen atoms in total. The zero-order valence-electron chi connectivity index (χ0n) is 18.0. The van der Waals surface area contributed by atoms with Crippen molar-refractivity contribution in [3.63, 3.8) is 0 Å². The Kier molecular flexibility index (Phi) is 5.10. The molecule has 0 bridgehead atoms. The molecule has 2 N–H and O–H groups in total. The minimum Gasteiger partial charge on any atom is -0.459 e. The highest BCUT2D eigenvalue weighted by Crippen LogP contribution is 2.44. The van der Waals surface area contributed by atoms with Gasteiger partial charge >= 0.3 is 5.91 Å². The molecule has 0 spiro atoms. The fourth-order valence-corrected chi connectivity index (χ4v) is 6.43. The average molecular weight is 483 g/mol. The van der Waals surface area contributed by atoms with E-state index in [0.29, 0.717) is 17.0 Å². The number of thioether (sulfide) groups is 1. The summed E-state index contributed by atoms with van der Waals surface area (Å²) in [5, 5.41) is 10.8. The van der Waals surface area contributed by atoms with E-state index in [4.69, 9.17) is 9.40 Å². The number of aryl methyl sites for hydroxylation is 1. The summed E-state index contributed by atoms with van der Waals surface area (Å²) in [5.74, 6) is 1.45. The molecular formula is C22H22N6O3S2. The van der Waals surface area contributed by atoms with Crippen molar-refractivity contribution >= 4 is 50.8 Å². The van der Waals surface area contributed by atoms with Crippen LogP contribution in [0.3, 0.4) is 0 Å². The molecule has 1 fully saturated rings. The number of thiophene rings is 1. The lowest BCUT2D eigenvalue weighted by molar-refractivity contribution is -0.119. The average Bonchev–Trinajstić information content (AvgIpc) is 3.20. The standard InChI is InChI=1S/C22H22N6O3S2/c1-11-4-7-13-15(9-11)33-21-17(13)19-25-27-22(28(19)18(23-21)12-5-6-12)32-10-16(29)24-26-20(30)14-3-2-8-31-14/h2-3,8,11-12H,4-7,9-10H2,1H3,(H,24,29)(H,26,30). The third kappa shape index (κ3) is 3.78. The Morgan fingerprint density at radius 2 is 2.15 bits per heavy atom. The Bertz CT molecular complexity index is 1370. The van der Waals surface area contributed by atoms with Crippen molar-refractivity contribution in [2.24, 2.45) is 5.92 Å². The van der Waals surface area contributed by atoms with Crippen LogP contribution in [0, 0.1) is 5.92 Å². The van der Waals surface area contributed by atoms with Gasteiger partial charge in [-0.15, -0.1) is 21.5 Å². The van der Waals surface area contributed by atoms with Crippen molar-refractivity contribution < 1.29 is 14.0 Å². The molecule has 1 atom stereocenters. The molecule has 0 aromatic carbocycles. The van der Waals surface area contributed by atoms with Crippen molar-refractivity contribution in [1.29, 1.82) is 0 Å². The number of nitrogens with zero attached hydrogens (tertiary/aromatic N) is 4. The van der Waals surface area contributed by atoms with Crippen LogP contribution in [0.25, 0.3) is 15.9 Å². The van der Waals surface area contributed by atoms with Gasteiger partial charge in [-0.2, -0.15) is 0 Å². The van der Waals surface area contributed by atoms with Crippen molar-refractivity contribution in [3.8, 4) is 0 Å². The number of carbonyl (C=O) groups is 2. The zero-order chi connectivity index (χ0) is 22.5. The number of rotatable bonds is 5. The smallest absolute Gasteiger partial charge is 0.305 e. The van der Waals surface area contributed by atoms with Crippen molar-refractivity contribution in [2.75, 3.05) is 5.75 Å². The lowest BCUT2D eigenvalue weighted by atomic mass is 9.89. The van der Waals surface area contributed by atoms with Gasteiger partial charge in [-0.1, -0.05) is 18.7 Å². The van der Waals surface area contributed by atoms with Gasteiger partial charge in [-0.05, 0) is 55.7 Å². The Morgan fingerprint density at radius 1 is 1.27 bits per heavy atom. The van der Waals surface area contributed by atoms with E-state index in [1.807, 2.05) is 4.40 Å². The predicted molar refractivity (Wildman–Crippen MR) is 124 cm³/mol. The Morgan fingerprint density at radius 3 is 2.94 bits per heavy atom. The summed E-state index contributed by atoms with van der Waals surface area (Å²) in [4.78, 5) is 31.8. The maximum Gasteiger partial charge on any atom is 0.305 e. The first-order valence-electron chi connectivity index (χ1n) is 11.0. The van der Waals surface area contributed by atoms with E-state index < -0.39 is 5.91 Å². The second kappa shape index (κ2) is 8.14. The summed E-state index contributed by atoms with van der Waals surface area (Å²) >= 11 is 3.09. The fourth-order valence-electron chi connectivity index (χ4n) is 4.31. The van der Waals surface area contributed by atoms with Crippen LogP contribution in [0.4, 0.5) is 0 Å². The van der Waals surface area contributed by atoms with Gasteiger partial charge in [-0.25, -0.2) is 4.98 Å². The molecule has 6 rings (SSSR count). The van der Waals surface area contributed by atoms with Crippen LogP contribution in [0.15, 0.2) is 28.0 Å². The highest BCUT2D eigenvalue weighted by molar-refractivity contribution is 7.99. The molecule has 4 aromatic rings. The molecule has 2 aliphatic rings. The van der Waals surface area contributed by atoms with Crippen molar-refractivity contribution in [2.45, 2.75) is 50.1 Å². The third-order valence-corrected chi connectivity index (χ3v) is 8.21. The number of amides is 2. The van der Waals surface area contributed by atoms with Crippen LogP contribution >= 0.6 is 23.1 Å². The van der Waals surface area contributed by atoms with Crippen LogP contribution in [-0.4, -0.2) is 37.1 Å². The van der Waals surface area contributed by atoms with Gasteiger partial charge in [0.1, 0.15) is 10.7 Å². The lowest BCUT2D eigenvalue weighted by Gasteiger charge is -2.17. The number of aromatic nitrogens is 4. The summed E-state index contributed by atoms with van der Waals surface area (Å²) in [5.41, 5.74) is 6.98. The molecule has 4 aromatic heterocycles. The first-order valence-corrected chi connectivity index (χ1v) is 12.8. The molecule has 0 aliphatic heterocycles. The summed E-state index contributed by atoms with van der Waals surface area (Å²) in [6, 6.07) is 3.13. The Balaban J connectivity index is 1.26. The maximum absolute atomic E-state index is 12.3. The number of nitrogens with one attached hydrogen (secondary N) is 2.